The van der Waals surface area contributed by atoms with E-state index in [2.05, 4.69) is 53.7 Å². The topological polar surface area (TPSA) is 22.0 Å². The van der Waals surface area contributed by atoms with Crippen molar-refractivity contribution in [3.63, 3.8) is 0 Å². The number of aromatic nitrogens is 1. The summed E-state index contributed by atoms with van der Waals surface area (Å²) >= 11 is 0. The van der Waals surface area contributed by atoms with Crippen LogP contribution < -0.4 is 5.56 Å². The molecule has 0 radical (unpaired) electrons. The van der Waals surface area contributed by atoms with E-state index >= 15 is 0 Å². The minimum atomic E-state index is -0.165. The molecule has 0 saturated carbocycles. The first-order valence-electron chi connectivity index (χ1n) is 7.18. The molecule has 1 aromatic carbocycles. The standard InChI is InChI=1S/C18H25NO/c1-17(2,3)14-12-10-8-9-11-13(12)19(7)16(20)15(14)18(4,5)6/h8-11H,1-7H3. The van der Waals surface area contributed by atoms with Gasteiger partial charge in [0, 0.05) is 18.0 Å². The van der Waals surface area contributed by atoms with Crippen LogP contribution in [0.5, 0.6) is 0 Å². The van der Waals surface area contributed by atoms with Gasteiger partial charge in [0.05, 0.1) is 5.52 Å². The molecule has 0 aliphatic rings. The molecule has 20 heavy (non-hydrogen) atoms. The Bertz CT molecular complexity index is 709. The van der Waals surface area contributed by atoms with E-state index < -0.39 is 0 Å². The third-order valence-corrected chi connectivity index (χ3v) is 3.80. The van der Waals surface area contributed by atoms with Gasteiger partial charge in [-0.1, -0.05) is 59.7 Å². The highest BCUT2D eigenvalue weighted by molar-refractivity contribution is 5.85. The summed E-state index contributed by atoms with van der Waals surface area (Å²) in [5, 5.41) is 1.19. The predicted molar refractivity (Wildman–Crippen MR) is 86.6 cm³/mol. The fourth-order valence-corrected chi connectivity index (χ4v) is 2.97. The summed E-state index contributed by atoms with van der Waals surface area (Å²) in [6.45, 7) is 12.9. The van der Waals surface area contributed by atoms with E-state index in [4.69, 9.17) is 0 Å². The van der Waals surface area contributed by atoms with Crippen LogP contribution in [0, 0.1) is 0 Å². The molecule has 0 N–H and O–H groups in total. The van der Waals surface area contributed by atoms with Crippen LogP contribution in [0.4, 0.5) is 0 Å². The molecule has 0 fully saturated rings. The van der Waals surface area contributed by atoms with Crippen LogP contribution in [-0.4, -0.2) is 4.57 Å². The monoisotopic (exact) mass is 271 g/mol. The molecule has 0 atom stereocenters. The minimum Gasteiger partial charge on any atom is -0.311 e. The van der Waals surface area contributed by atoms with Crippen LogP contribution in [0.2, 0.25) is 0 Å². The molecule has 0 spiro atoms. The van der Waals surface area contributed by atoms with Crippen molar-refractivity contribution in [2.24, 2.45) is 7.05 Å². The van der Waals surface area contributed by atoms with Gasteiger partial charge in [-0.25, -0.2) is 0 Å². The van der Waals surface area contributed by atoms with E-state index in [1.807, 2.05) is 19.2 Å². The average Bonchev–Trinajstić information content (AvgIpc) is 2.30. The lowest BCUT2D eigenvalue weighted by atomic mass is 9.74. The highest BCUT2D eigenvalue weighted by atomic mass is 16.1. The molecule has 108 valence electrons. The first-order valence-corrected chi connectivity index (χ1v) is 7.18. The van der Waals surface area contributed by atoms with Crippen molar-refractivity contribution >= 4 is 10.9 Å². The highest BCUT2D eigenvalue weighted by Gasteiger charge is 2.30. The van der Waals surface area contributed by atoms with Crippen LogP contribution in [0.15, 0.2) is 29.1 Å². The molecule has 1 heterocycles. The lowest BCUT2D eigenvalue weighted by molar-refractivity contribution is 0.523. The first kappa shape index (κ1) is 14.8. The maximum Gasteiger partial charge on any atom is 0.254 e. The van der Waals surface area contributed by atoms with Crippen LogP contribution in [0.25, 0.3) is 10.9 Å². The van der Waals surface area contributed by atoms with Crippen LogP contribution in [0.3, 0.4) is 0 Å². The fourth-order valence-electron chi connectivity index (χ4n) is 2.97. The quantitative estimate of drug-likeness (QED) is 0.706. The lowest BCUT2D eigenvalue weighted by Gasteiger charge is -2.31. The SMILES string of the molecule is Cn1c(=O)c(C(C)(C)C)c(C(C)(C)C)c2ccccc21. The normalized spacial score (nSPS) is 12.9. The van der Waals surface area contributed by atoms with Gasteiger partial charge in [-0.05, 0) is 22.5 Å². The van der Waals surface area contributed by atoms with Crippen molar-refractivity contribution in [1.82, 2.24) is 4.57 Å². The molecule has 0 aliphatic carbocycles. The number of rotatable bonds is 0. The predicted octanol–water partition coefficient (Wildman–Crippen LogP) is 4.13. The molecule has 2 nitrogen and oxygen atoms in total. The van der Waals surface area contributed by atoms with Gasteiger partial charge in [0.25, 0.3) is 5.56 Å². The van der Waals surface area contributed by atoms with E-state index in [1.165, 1.54) is 10.9 Å². The van der Waals surface area contributed by atoms with Crippen molar-refractivity contribution in [3.05, 3.63) is 45.7 Å². The van der Waals surface area contributed by atoms with Gasteiger partial charge in [0.1, 0.15) is 0 Å². The van der Waals surface area contributed by atoms with Crippen molar-refractivity contribution in [3.8, 4) is 0 Å². The van der Waals surface area contributed by atoms with Crippen molar-refractivity contribution in [2.75, 3.05) is 0 Å². The molecule has 2 heteroatoms. The zero-order chi connectivity index (χ0) is 15.3. The second-order valence-corrected chi connectivity index (χ2v) is 7.63. The van der Waals surface area contributed by atoms with Crippen molar-refractivity contribution in [1.29, 1.82) is 0 Å². The summed E-state index contributed by atoms with van der Waals surface area (Å²) in [6.07, 6.45) is 0. The lowest BCUT2D eigenvalue weighted by Crippen LogP contribution is -2.34. The highest BCUT2D eigenvalue weighted by Crippen LogP contribution is 2.36. The Kier molecular flexibility index (Phi) is 3.32. The van der Waals surface area contributed by atoms with Crippen LogP contribution >= 0.6 is 0 Å². The van der Waals surface area contributed by atoms with Gasteiger partial charge >= 0.3 is 0 Å². The molecule has 0 saturated heterocycles. The molecule has 2 rings (SSSR count). The first-order chi connectivity index (χ1) is 9.05. The van der Waals surface area contributed by atoms with Crippen molar-refractivity contribution < 1.29 is 0 Å². The molecule has 0 unspecified atom stereocenters. The Balaban J connectivity index is 3.13. The van der Waals surface area contributed by atoms with E-state index in [1.54, 1.807) is 4.57 Å². The second kappa shape index (κ2) is 4.47. The Hall–Kier alpha value is -1.57. The number of aryl methyl sites for hydroxylation is 1. The second-order valence-electron chi connectivity index (χ2n) is 7.63. The molecule has 2 aromatic rings. The van der Waals surface area contributed by atoms with Crippen LogP contribution in [0.1, 0.15) is 52.7 Å². The summed E-state index contributed by atoms with van der Waals surface area (Å²) in [5.74, 6) is 0. The van der Waals surface area contributed by atoms with Gasteiger partial charge in [-0.3, -0.25) is 4.79 Å². The maximum absolute atomic E-state index is 12.9. The largest absolute Gasteiger partial charge is 0.311 e. The Labute approximate surface area is 121 Å². The number of pyridine rings is 1. The summed E-state index contributed by atoms with van der Waals surface area (Å²) in [6, 6.07) is 8.20. The fraction of sp³-hybridized carbons (Fsp3) is 0.500. The van der Waals surface area contributed by atoms with Crippen LogP contribution in [-0.2, 0) is 17.9 Å². The summed E-state index contributed by atoms with van der Waals surface area (Å²) in [5.41, 5.74) is 3.03. The zero-order valence-electron chi connectivity index (χ0n) is 13.7. The van der Waals surface area contributed by atoms with E-state index in [-0.39, 0.29) is 16.4 Å². The Morgan fingerprint density at radius 2 is 1.35 bits per heavy atom. The molecule has 0 amide bonds. The number of para-hydroxylation sites is 1. The molecule has 1 aromatic heterocycles. The molecular weight excluding hydrogens is 246 g/mol. The smallest absolute Gasteiger partial charge is 0.254 e. The molecule has 0 aliphatic heterocycles. The number of hydrogen-bond acceptors (Lipinski definition) is 1. The maximum atomic E-state index is 12.9. The van der Waals surface area contributed by atoms with Gasteiger partial charge in [-0.2, -0.15) is 0 Å². The minimum absolute atomic E-state index is 0.0599. The zero-order valence-corrected chi connectivity index (χ0v) is 13.7. The number of hydrogen-bond donors (Lipinski definition) is 0. The third kappa shape index (κ3) is 2.28. The van der Waals surface area contributed by atoms with Gasteiger partial charge < -0.3 is 4.57 Å². The molecule has 0 bridgehead atoms. The third-order valence-electron chi connectivity index (χ3n) is 3.80. The van der Waals surface area contributed by atoms with Gasteiger partial charge in [0.2, 0.25) is 0 Å². The van der Waals surface area contributed by atoms with E-state index in [9.17, 15) is 4.79 Å². The van der Waals surface area contributed by atoms with Gasteiger partial charge in [-0.15, -0.1) is 0 Å². The summed E-state index contributed by atoms with van der Waals surface area (Å²) in [4.78, 5) is 12.9. The number of nitrogens with zero attached hydrogens (tertiary/aromatic N) is 1. The Morgan fingerprint density at radius 1 is 0.850 bits per heavy atom. The van der Waals surface area contributed by atoms with Crippen molar-refractivity contribution in [2.45, 2.75) is 52.4 Å². The summed E-state index contributed by atoms with van der Waals surface area (Å²) < 4.78 is 1.78. The number of benzene rings is 1. The average molecular weight is 271 g/mol. The molecular formula is C18H25NO. The number of fused-ring (bicyclic) bond motifs is 1. The van der Waals surface area contributed by atoms with E-state index in [0.29, 0.717) is 0 Å². The van der Waals surface area contributed by atoms with E-state index in [0.717, 1.165) is 11.1 Å². The van der Waals surface area contributed by atoms with Gasteiger partial charge in [0.15, 0.2) is 0 Å². The Morgan fingerprint density at radius 3 is 1.85 bits per heavy atom. The summed E-state index contributed by atoms with van der Waals surface area (Å²) in [7, 11) is 1.87.